The number of hydrogen-bond donors (Lipinski definition) is 1. The highest BCUT2D eigenvalue weighted by Gasteiger charge is 2.32. The molecule has 2 nitrogen and oxygen atoms in total. The topological polar surface area (TPSA) is 15.3 Å². The van der Waals surface area contributed by atoms with Gasteiger partial charge in [0.2, 0.25) is 0 Å². The van der Waals surface area contributed by atoms with Gasteiger partial charge in [-0.2, -0.15) is 0 Å². The summed E-state index contributed by atoms with van der Waals surface area (Å²) in [7, 11) is 0. The Bertz CT molecular complexity index is 486. The first-order chi connectivity index (χ1) is 10.1. The van der Waals surface area contributed by atoms with Crippen LogP contribution in [0.5, 0.6) is 0 Å². The Kier molecular flexibility index (Phi) is 4.60. The van der Waals surface area contributed by atoms with Crippen LogP contribution in [0.15, 0.2) is 18.2 Å². The SMILES string of the molecule is CC(C)NCC1CCCN(C2CCc3c(F)cccc32)C1. The maximum atomic E-state index is 13.9. The summed E-state index contributed by atoms with van der Waals surface area (Å²) in [6.45, 7) is 7.84. The van der Waals surface area contributed by atoms with Gasteiger partial charge in [-0.05, 0) is 61.9 Å². The Balaban J connectivity index is 1.67. The highest BCUT2D eigenvalue weighted by molar-refractivity contribution is 5.35. The number of piperidine rings is 1. The van der Waals surface area contributed by atoms with Crippen LogP contribution in [0.1, 0.15) is 50.3 Å². The third kappa shape index (κ3) is 3.29. The van der Waals surface area contributed by atoms with Crippen LogP contribution in [-0.4, -0.2) is 30.6 Å². The highest BCUT2D eigenvalue weighted by Crippen LogP contribution is 2.38. The lowest BCUT2D eigenvalue weighted by Gasteiger charge is -2.37. The van der Waals surface area contributed by atoms with Gasteiger partial charge in [0.05, 0.1) is 0 Å². The summed E-state index contributed by atoms with van der Waals surface area (Å²) in [5.41, 5.74) is 2.21. The van der Waals surface area contributed by atoms with Crippen molar-refractivity contribution in [2.75, 3.05) is 19.6 Å². The van der Waals surface area contributed by atoms with E-state index in [4.69, 9.17) is 0 Å². The number of rotatable bonds is 4. The molecule has 3 rings (SSSR count). The average Bonchev–Trinajstić information content (AvgIpc) is 2.91. The van der Waals surface area contributed by atoms with Crippen molar-refractivity contribution >= 4 is 0 Å². The first-order valence-corrected chi connectivity index (χ1v) is 8.40. The molecule has 21 heavy (non-hydrogen) atoms. The number of likely N-dealkylation sites (tertiary alicyclic amines) is 1. The van der Waals surface area contributed by atoms with Gasteiger partial charge in [0.25, 0.3) is 0 Å². The third-order valence-corrected chi connectivity index (χ3v) is 4.99. The molecular formula is C18H27FN2. The molecule has 1 aliphatic heterocycles. The van der Waals surface area contributed by atoms with Crippen LogP contribution >= 0.6 is 0 Å². The van der Waals surface area contributed by atoms with Crippen LogP contribution in [0, 0.1) is 11.7 Å². The van der Waals surface area contributed by atoms with Crippen molar-refractivity contribution in [2.45, 2.75) is 51.6 Å². The fourth-order valence-corrected chi connectivity index (χ4v) is 3.92. The summed E-state index contributed by atoms with van der Waals surface area (Å²) >= 11 is 0. The predicted octanol–water partition coefficient (Wildman–Crippen LogP) is 3.52. The number of halogens is 1. The molecule has 0 saturated carbocycles. The molecule has 2 atom stereocenters. The van der Waals surface area contributed by atoms with Crippen LogP contribution in [0.4, 0.5) is 4.39 Å². The van der Waals surface area contributed by atoms with E-state index in [1.165, 1.54) is 24.9 Å². The van der Waals surface area contributed by atoms with E-state index < -0.39 is 0 Å². The maximum Gasteiger partial charge on any atom is 0.126 e. The minimum atomic E-state index is -0.00923. The van der Waals surface area contributed by atoms with E-state index >= 15 is 0 Å². The van der Waals surface area contributed by atoms with Crippen LogP contribution in [0.25, 0.3) is 0 Å². The molecule has 2 aliphatic rings. The summed E-state index contributed by atoms with van der Waals surface area (Å²) < 4.78 is 13.9. The second-order valence-corrected chi connectivity index (χ2v) is 6.93. The Hall–Kier alpha value is -0.930. The second-order valence-electron chi connectivity index (χ2n) is 6.93. The van der Waals surface area contributed by atoms with Crippen molar-refractivity contribution in [2.24, 2.45) is 5.92 Å². The minimum Gasteiger partial charge on any atom is -0.314 e. The molecule has 1 heterocycles. The molecule has 0 radical (unpaired) electrons. The van der Waals surface area contributed by atoms with E-state index in [1.54, 1.807) is 6.07 Å². The van der Waals surface area contributed by atoms with E-state index in [2.05, 4.69) is 30.1 Å². The molecule has 1 N–H and O–H groups in total. The van der Waals surface area contributed by atoms with E-state index in [0.717, 1.165) is 37.4 Å². The van der Waals surface area contributed by atoms with Gasteiger partial charge >= 0.3 is 0 Å². The van der Waals surface area contributed by atoms with Gasteiger partial charge in [0.15, 0.2) is 0 Å². The van der Waals surface area contributed by atoms with E-state index in [-0.39, 0.29) is 5.82 Å². The van der Waals surface area contributed by atoms with Gasteiger partial charge in [-0.25, -0.2) is 4.39 Å². The van der Waals surface area contributed by atoms with Crippen LogP contribution in [0.3, 0.4) is 0 Å². The summed E-state index contributed by atoms with van der Waals surface area (Å²) in [5.74, 6) is 0.726. The van der Waals surface area contributed by atoms with Gasteiger partial charge in [0.1, 0.15) is 5.82 Å². The summed E-state index contributed by atoms with van der Waals surface area (Å²) in [4.78, 5) is 2.60. The van der Waals surface area contributed by atoms with E-state index in [9.17, 15) is 4.39 Å². The van der Waals surface area contributed by atoms with Crippen molar-refractivity contribution in [3.05, 3.63) is 35.1 Å². The molecule has 116 valence electrons. The largest absolute Gasteiger partial charge is 0.314 e. The standard InChI is InChI=1S/C18H27FN2/c1-13(2)20-11-14-5-4-10-21(12-14)18-9-8-15-16(18)6-3-7-17(15)19/h3,6-7,13-14,18,20H,4-5,8-12H2,1-2H3. The number of benzene rings is 1. The molecule has 1 aliphatic carbocycles. The summed E-state index contributed by atoms with van der Waals surface area (Å²) in [5, 5.41) is 3.57. The molecule has 3 heteroatoms. The van der Waals surface area contributed by atoms with Crippen molar-refractivity contribution < 1.29 is 4.39 Å². The third-order valence-electron chi connectivity index (χ3n) is 4.99. The summed E-state index contributed by atoms with van der Waals surface area (Å²) in [6, 6.07) is 6.60. The van der Waals surface area contributed by atoms with Crippen molar-refractivity contribution in [3.8, 4) is 0 Å². The van der Waals surface area contributed by atoms with Crippen molar-refractivity contribution in [1.82, 2.24) is 10.2 Å². The lowest BCUT2D eigenvalue weighted by atomic mass is 9.95. The Labute approximate surface area is 127 Å². The summed E-state index contributed by atoms with van der Waals surface area (Å²) in [6.07, 6.45) is 4.57. The van der Waals surface area contributed by atoms with Gasteiger partial charge in [0, 0.05) is 18.6 Å². The van der Waals surface area contributed by atoms with Crippen molar-refractivity contribution in [1.29, 1.82) is 0 Å². The molecule has 0 amide bonds. The quantitative estimate of drug-likeness (QED) is 0.912. The first-order valence-electron chi connectivity index (χ1n) is 8.40. The molecule has 1 aromatic rings. The van der Waals surface area contributed by atoms with Gasteiger partial charge in [-0.1, -0.05) is 26.0 Å². The zero-order valence-corrected chi connectivity index (χ0v) is 13.2. The zero-order valence-electron chi connectivity index (χ0n) is 13.2. The molecule has 0 aromatic heterocycles. The van der Waals surface area contributed by atoms with Crippen LogP contribution < -0.4 is 5.32 Å². The molecule has 1 saturated heterocycles. The van der Waals surface area contributed by atoms with Gasteiger partial charge in [-0.3, -0.25) is 4.90 Å². The highest BCUT2D eigenvalue weighted by atomic mass is 19.1. The Morgan fingerprint density at radius 1 is 1.33 bits per heavy atom. The molecular weight excluding hydrogens is 263 g/mol. The van der Waals surface area contributed by atoms with Crippen LogP contribution in [0.2, 0.25) is 0 Å². The number of fused-ring (bicyclic) bond motifs is 1. The predicted molar refractivity (Wildman–Crippen MR) is 84.9 cm³/mol. The van der Waals surface area contributed by atoms with Crippen molar-refractivity contribution in [3.63, 3.8) is 0 Å². The normalized spacial score (nSPS) is 26.3. The number of hydrogen-bond acceptors (Lipinski definition) is 2. The minimum absolute atomic E-state index is 0.00923. The Morgan fingerprint density at radius 3 is 3.00 bits per heavy atom. The molecule has 1 aromatic carbocycles. The molecule has 1 fully saturated rings. The number of nitrogens with zero attached hydrogens (tertiary/aromatic N) is 1. The second kappa shape index (κ2) is 6.45. The Morgan fingerprint density at radius 2 is 2.19 bits per heavy atom. The lowest BCUT2D eigenvalue weighted by molar-refractivity contribution is 0.121. The smallest absolute Gasteiger partial charge is 0.126 e. The van der Waals surface area contributed by atoms with Gasteiger partial charge < -0.3 is 5.32 Å². The van der Waals surface area contributed by atoms with Crippen LogP contribution in [-0.2, 0) is 6.42 Å². The fourth-order valence-electron chi connectivity index (χ4n) is 3.92. The fraction of sp³-hybridized carbons (Fsp3) is 0.667. The number of nitrogens with one attached hydrogen (secondary N) is 1. The van der Waals surface area contributed by atoms with Gasteiger partial charge in [-0.15, -0.1) is 0 Å². The average molecular weight is 290 g/mol. The lowest BCUT2D eigenvalue weighted by Crippen LogP contribution is -2.42. The molecule has 0 bridgehead atoms. The molecule has 0 spiro atoms. The monoisotopic (exact) mass is 290 g/mol. The zero-order chi connectivity index (χ0) is 14.8. The first kappa shape index (κ1) is 15.0. The molecule has 2 unspecified atom stereocenters. The van der Waals surface area contributed by atoms with E-state index in [0.29, 0.717) is 12.1 Å². The maximum absolute atomic E-state index is 13.9. The van der Waals surface area contributed by atoms with E-state index in [1.807, 2.05) is 6.07 Å².